The van der Waals surface area contributed by atoms with Gasteiger partial charge in [0.25, 0.3) is 0 Å². The van der Waals surface area contributed by atoms with E-state index in [9.17, 15) is 4.39 Å². The smallest absolute Gasteiger partial charge is 0.138 e. The van der Waals surface area contributed by atoms with Crippen LogP contribution in [-0.4, -0.2) is 29.7 Å². The molecule has 0 atom stereocenters. The van der Waals surface area contributed by atoms with Crippen LogP contribution < -0.4 is 0 Å². The first-order chi connectivity index (χ1) is 9.06. The number of aliphatic hydroxyl groups is 1. The quantitative estimate of drug-likeness (QED) is 0.826. The molecule has 104 valence electrons. The summed E-state index contributed by atoms with van der Waals surface area (Å²) in [6.45, 7) is 9.02. The Morgan fingerprint density at radius 3 is 2.68 bits per heavy atom. The number of hydrogen-bond donors (Lipinski definition) is 1. The fourth-order valence-electron chi connectivity index (χ4n) is 1.98. The molecule has 0 spiro atoms. The summed E-state index contributed by atoms with van der Waals surface area (Å²) in [5.74, 6) is 5.39. The molecule has 0 aromatic heterocycles. The summed E-state index contributed by atoms with van der Waals surface area (Å²) in [6.07, 6.45) is 0. The standard InChI is InChI=1S/C16H22FNO/c1-4-18(11-13(2)3)12-14-7-8-16(17)15(10-14)6-5-9-19/h7-8,10,13,19H,4,9,11-12H2,1-3H3. The van der Waals surface area contributed by atoms with E-state index in [0.29, 0.717) is 11.5 Å². The summed E-state index contributed by atoms with van der Waals surface area (Å²) in [5, 5.41) is 8.67. The number of aliphatic hydroxyl groups excluding tert-OH is 1. The first-order valence-electron chi connectivity index (χ1n) is 6.67. The summed E-state index contributed by atoms with van der Waals surface area (Å²) >= 11 is 0. The molecule has 0 amide bonds. The van der Waals surface area contributed by atoms with Gasteiger partial charge in [0.1, 0.15) is 12.4 Å². The van der Waals surface area contributed by atoms with E-state index in [1.165, 1.54) is 6.07 Å². The topological polar surface area (TPSA) is 23.5 Å². The van der Waals surface area contributed by atoms with Crippen LogP contribution in [0, 0.1) is 23.6 Å². The molecule has 0 bridgehead atoms. The van der Waals surface area contributed by atoms with Crippen molar-refractivity contribution < 1.29 is 9.50 Å². The molecule has 0 saturated carbocycles. The lowest BCUT2D eigenvalue weighted by molar-refractivity contribution is 0.248. The molecule has 2 nitrogen and oxygen atoms in total. The molecule has 0 radical (unpaired) electrons. The highest BCUT2D eigenvalue weighted by atomic mass is 19.1. The largest absolute Gasteiger partial charge is 0.384 e. The van der Waals surface area contributed by atoms with Gasteiger partial charge in [-0.3, -0.25) is 4.90 Å². The maximum absolute atomic E-state index is 13.5. The van der Waals surface area contributed by atoms with Crippen LogP contribution in [-0.2, 0) is 6.54 Å². The van der Waals surface area contributed by atoms with Gasteiger partial charge in [0.05, 0.1) is 5.56 Å². The molecule has 19 heavy (non-hydrogen) atoms. The van der Waals surface area contributed by atoms with Gasteiger partial charge in [0.15, 0.2) is 0 Å². The van der Waals surface area contributed by atoms with Gasteiger partial charge in [-0.05, 0) is 30.2 Å². The van der Waals surface area contributed by atoms with Gasteiger partial charge < -0.3 is 5.11 Å². The molecule has 1 N–H and O–H groups in total. The Balaban J connectivity index is 2.83. The van der Waals surface area contributed by atoms with Crippen LogP contribution >= 0.6 is 0 Å². The second-order valence-corrected chi connectivity index (χ2v) is 5.00. The number of nitrogens with zero attached hydrogens (tertiary/aromatic N) is 1. The first-order valence-corrected chi connectivity index (χ1v) is 6.67. The van der Waals surface area contributed by atoms with Crippen LogP contribution in [0.1, 0.15) is 31.9 Å². The molecular formula is C16H22FNO. The number of benzene rings is 1. The molecule has 0 aliphatic carbocycles. The third-order valence-corrected chi connectivity index (χ3v) is 2.81. The van der Waals surface area contributed by atoms with Gasteiger partial charge >= 0.3 is 0 Å². The van der Waals surface area contributed by atoms with Crippen LogP contribution in [0.15, 0.2) is 18.2 Å². The van der Waals surface area contributed by atoms with E-state index in [2.05, 4.69) is 37.5 Å². The minimum absolute atomic E-state index is 0.252. The fraction of sp³-hybridized carbons (Fsp3) is 0.500. The van der Waals surface area contributed by atoms with Crippen molar-refractivity contribution in [3.63, 3.8) is 0 Å². The SMILES string of the molecule is CCN(Cc1ccc(F)c(C#CCO)c1)CC(C)C. The summed E-state index contributed by atoms with van der Waals surface area (Å²) in [4.78, 5) is 2.32. The third kappa shape index (κ3) is 5.42. The van der Waals surface area contributed by atoms with Crippen molar-refractivity contribution in [1.29, 1.82) is 0 Å². The molecule has 0 saturated heterocycles. The van der Waals surface area contributed by atoms with Crippen LogP contribution in [0.3, 0.4) is 0 Å². The number of rotatable bonds is 5. The average Bonchev–Trinajstić information content (AvgIpc) is 2.38. The van der Waals surface area contributed by atoms with Gasteiger partial charge in [-0.1, -0.05) is 38.7 Å². The predicted octanol–water partition coefficient (Wildman–Crippen LogP) is 2.65. The second-order valence-electron chi connectivity index (χ2n) is 5.00. The number of hydrogen-bond acceptors (Lipinski definition) is 2. The summed E-state index contributed by atoms with van der Waals surface area (Å²) in [5.41, 5.74) is 1.40. The monoisotopic (exact) mass is 263 g/mol. The highest BCUT2D eigenvalue weighted by molar-refractivity contribution is 5.38. The lowest BCUT2D eigenvalue weighted by Crippen LogP contribution is -2.27. The molecule has 1 aromatic carbocycles. The second kappa shape index (κ2) is 7.93. The predicted molar refractivity (Wildman–Crippen MR) is 76.2 cm³/mol. The molecule has 0 aliphatic rings. The van der Waals surface area contributed by atoms with Crippen molar-refractivity contribution in [3.05, 3.63) is 35.1 Å². The molecule has 0 unspecified atom stereocenters. The zero-order chi connectivity index (χ0) is 14.3. The molecule has 1 rings (SSSR count). The maximum atomic E-state index is 13.5. The van der Waals surface area contributed by atoms with E-state index in [-0.39, 0.29) is 12.4 Å². The summed E-state index contributed by atoms with van der Waals surface area (Å²) in [6, 6.07) is 5.00. The van der Waals surface area contributed by atoms with E-state index in [1.54, 1.807) is 12.1 Å². The molecule has 1 aromatic rings. The molecule has 3 heteroatoms. The van der Waals surface area contributed by atoms with Gasteiger partial charge in [0.2, 0.25) is 0 Å². The Hall–Kier alpha value is -1.37. The zero-order valence-corrected chi connectivity index (χ0v) is 11.9. The molecule has 0 fully saturated rings. The van der Waals surface area contributed by atoms with Crippen LogP contribution in [0.5, 0.6) is 0 Å². The minimum Gasteiger partial charge on any atom is -0.384 e. The molecule has 0 aliphatic heterocycles. The Morgan fingerprint density at radius 1 is 1.37 bits per heavy atom. The average molecular weight is 263 g/mol. The van der Waals surface area contributed by atoms with Crippen molar-refractivity contribution in [2.24, 2.45) is 5.92 Å². The van der Waals surface area contributed by atoms with E-state index in [0.717, 1.165) is 25.2 Å². The van der Waals surface area contributed by atoms with Crippen LogP contribution in [0.4, 0.5) is 4.39 Å². The van der Waals surface area contributed by atoms with Crippen LogP contribution in [0.2, 0.25) is 0 Å². The lowest BCUT2D eigenvalue weighted by atomic mass is 10.1. The highest BCUT2D eigenvalue weighted by Gasteiger charge is 2.08. The minimum atomic E-state index is -0.336. The fourth-order valence-corrected chi connectivity index (χ4v) is 1.98. The van der Waals surface area contributed by atoms with Crippen molar-refractivity contribution in [1.82, 2.24) is 4.90 Å². The zero-order valence-electron chi connectivity index (χ0n) is 11.9. The van der Waals surface area contributed by atoms with Gasteiger partial charge in [0, 0.05) is 13.1 Å². The van der Waals surface area contributed by atoms with E-state index >= 15 is 0 Å². The molecular weight excluding hydrogens is 241 g/mol. The first kappa shape index (κ1) is 15.7. The van der Waals surface area contributed by atoms with E-state index in [4.69, 9.17) is 5.11 Å². The van der Waals surface area contributed by atoms with Gasteiger partial charge in [-0.2, -0.15) is 0 Å². The van der Waals surface area contributed by atoms with Crippen molar-refractivity contribution in [2.45, 2.75) is 27.3 Å². The van der Waals surface area contributed by atoms with E-state index < -0.39 is 0 Å². The highest BCUT2D eigenvalue weighted by Crippen LogP contribution is 2.12. The lowest BCUT2D eigenvalue weighted by Gasteiger charge is -2.22. The Labute approximate surface area is 115 Å². The Bertz CT molecular complexity index is 460. The Kier molecular flexibility index (Phi) is 6.55. The van der Waals surface area contributed by atoms with Crippen LogP contribution in [0.25, 0.3) is 0 Å². The summed E-state index contributed by atoms with van der Waals surface area (Å²) in [7, 11) is 0. The number of halogens is 1. The van der Waals surface area contributed by atoms with Crippen molar-refractivity contribution in [3.8, 4) is 11.8 Å². The van der Waals surface area contributed by atoms with Crippen molar-refractivity contribution in [2.75, 3.05) is 19.7 Å². The van der Waals surface area contributed by atoms with Gasteiger partial charge in [-0.15, -0.1) is 0 Å². The van der Waals surface area contributed by atoms with Crippen molar-refractivity contribution >= 4 is 0 Å². The molecule has 0 heterocycles. The van der Waals surface area contributed by atoms with Gasteiger partial charge in [-0.25, -0.2) is 4.39 Å². The third-order valence-electron chi connectivity index (χ3n) is 2.81. The Morgan fingerprint density at radius 2 is 2.11 bits per heavy atom. The maximum Gasteiger partial charge on any atom is 0.138 e. The van der Waals surface area contributed by atoms with E-state index in [1.807, 2.05) is 0 Å². The normalized spacial score (nSPS) is 10.7. The summed E-state index contributed by atoms with van der Waals surface area (Å²) < 4.78 is 13.5.